The van der Waals surface area contributed by atoms with Gasteiger partial charge in [0.25, 0.3) is 0 Å². The molecule has 1 aliphatic rings. The number of benzene rings is 2. The molecule has 35 heavy (non-hydrogen) atoms. The highest BCUT2D eigenvalue weighted by molar-refractivity contribution is 5.70. The topological polar surface area (TPSA) is 43.8 Å². The molecular formula is C30H38N2O3. The van der Waals surface area contributed by atoms with Gasteiger partial charge in [0, 0.05) is 42.2 Å². The lowest BCUT2D eigenvalue weighted by atomic mass is 9.94. The van der Waals surface area contributed by atoms with Crippen LogP contribution in [-0.2, 0) is 24.2 Å². The van der Waals surface area contributed by atoms with Crippen LogP contribution < -0.4 is 14.4 Å². The summed E-state index contributed by atoms with van der Waals surface area (Å²) in [5.74, 6) is 1.69. The second kappa shape index (κ2) is 11.6. The Hall–Kier alpha value is -3.05. The maximum absolute atomic E-state index is 6.30. The second-order valence-electron chi connectivity index (χ2n) is 9.28. The molecule has 0 unspecified atom stereocenters. The molecule has 0 spiro atoms. The second-order valence-corrected chi connectivity index (χ2v) is 9.28. The number of anilines is 1. The number of ether oxygens (including phenoxy) is 3. The van der Waals surface area contributed by atoms with Gasteiger partial charge in [0.1, 0.15) is 18.1 Å². The Bertz CT molecular complexity index is 1110. The zero-order valence-electron chi connectivity index (χ0n) is 21.8. The monoisotopic (exact) mass is 474 g/mol. The molecule has 1 aliphatic heterocycles. The highest BCUT2D eigenvalue weighted by Crippen LogP contribution is 2.34. The number of pyridine rings is 1. The maximum Gasteiger partial charge on any atom is 0.130 e. The summed E-state index contributed by atoms with van der Waals surface area (Å²) in [6.45, 7) is 14.3. The van der Waals surface area contributed by atoms with E-state index in [2.05, 4.69) is 75.9 Å². The minimum absolute atomic E-state index is 0.0557. The van der Waals surface area contributed by atoms with Crippen molar-refractivity contribution in [1.82, 2.24) is 4.98 Å². The van der Waals surface area contributed by atoms with Crippen molar-refractivity contribution in [1.29, 1.82) is 0 Å². The largest absolute Gasteiger partial charge is 0.490 e. The number of aryl methyl sites for hydroxylation is 3. The highest BCUT2D eigenvalue weighted by atomic mass is 16.5. The molecule has 0 aliphatic carbocycles. The van der Waals surface area contributed by atoms with Crippen LogP contribution in [0, 0.1) is 6.92 Å². The fraction of sp³-hybridized carbons (Fsp3) is 0.433. The minimum Gasteiger partial charge on any atom is -0.490 e. The Balaban J connectivity index is 1.64. The lowest BCUT2D eigenvalue weighted by Crippen LogP contribution is -2.36. The molecule has 0 amide bonds. The molecular weight excluding hydrogens is 436 g/mol. The van der Waals surface area contributed by atoms with E-state index in [1.807, 2.05) is 12.1 Å². The average Bonchev–Trinajstić information content (AvgIpc) is 2.88. The van der Waals surface area contributed by atoms with Gasteiger partial charge in [0.05, 0.1) is 30.6 Å². The first kappa shape index (κ1) is 25.1. The maximum atomic E-state index is 6.30. The summed E-state index contributed by atoms with van der Waals surface area (Å²) >= 11 is 0. The summed E-state index contributed by atoms with van der Waals surface area (Å²) in [4.78, 5) is 7.38. The van der Waals surface area contributed by atoms with Crippen molar-refractivity contribution >= 4 is 5.69 Å². The summed E-state index contributed by atoms with van der Waals surface area (Å²) in [5, 5.41) is 0. The molecule has 3 aromatic rings. The van der Waals surface area contributed by atoms with Gasteiger partial charge < -0.3 is 19.1 Å². The predicted molar refractivity (Wildman–Crippen MR) is 143 cm³/mol. The van der Waals surface area contributed by atoms with Gasteiger partial charge in [-0.2, -0.15) is 0 Å². The van der Waals surface area contributed by atoms with Crippen molar-refractivity contribution < 1.29 is 14.2 Å². The lowest BCUT2D eigenvalue weighted by Gasteiger charge is -2.29. The first-order chi connectivity index (χ1) is 17.0. The summed E-state index contributed by atoms with van der Waals surface area (Å²) in [5.41, 5.74) is 7.94. The fourth-order valence-electron chi connectivity index (χ4n) is 4.65. The van der Waals surface area contributed by atoms with Crippen LogP contribution in [0.15, 0.2) is 48.5 Å². The van der Waals surface area contributed by atoms with Crippen LogP contribution in [0.25, 0.3) is 11.3 Å². The number of morpholine rings is 1. The molecule has 0 N–H and O–H groups in total. The van der Waals surface area contributed by atoms with Crippen molar-refractivity contribution in [3.05, 3.63) is 70.9 Å². The van der Waals surface area contributed by atoms with E-state index in [1.54, 1.807) is 0 Å². The van der Waals surface area contributed by atoms with E-state index in [9.17, 15) is 0 Å². The smallest absolute Gasteiger partial charge is 0.130 e. The van der Waals surface area contributed by atoms with E-state index >= 15 is 0 Å². The summed E-state index contributed by atoms with van der Waals surface area (Å²) < 4.78 is 18.1. The summed E-state index contributed by atoms with van der Waals surface area (Å²) in [7, 11) is 0. The molecule has 5 nitrogen and oxygen atoms in total. The van der Waals surface area contributed by atoms with E-state index in [1.165, 1.54) is 16.7 Å². The summed E-state index contributed by atoms with van der Waals surface area (Å²) in [6, 6.07) is 16.9. The van der Waals surface area contributed by atoms with Crippen molar-refractivity contribution in [2.75, 3.05) is 31.2 Å². The van der Waals surface area contributed by atoms with Gasteiger partial charge in [-0.15, -0.1) is 0 Å². The molecule has 0 bridgehead atoms. The zero-order valence-corrected chi connectivity index (χ0v) is 21.8. The molecule has 2 heterocycles. The van der Waals surface area contributed by atoms with Gasteiger partial charge in [0.15, 0.2) is 0 Å². The molecule has 5 heteroatoms. The predicted octanol–water partition coefficient (Wildman–Crippen LogP) is 6.38. The van der Waals surface area contributed by atoms with Gasteiger partial charge in [-0.3, -0.25) is 4.98 Å². The Morgan fingerprint density at radius 2 is 1.66 bits per heavy atom. The Morgan fingerprint density at radius 1 is 0.971 bits per heavy atom. The van der Waals surface area contributed by atoms with Crippen molar-refractivity contribution in [3.8, 4) is 22.8 Å². The van der Waals surface area contributed by atoms with Crippen LogP contribution in [0.4, 0.5) is 5.69 Å². The van der Waals surface area contributed by atoms with Crippen molar-refractivity contribution in [3.63, 3.8) is 0 Å². The van der Waals surface area contributed by atoms with E-state index in [0.717, 1.165) is 73.3 Å². The minimum atomic E-state index is 0.0557. The van der Waals surface area contributed by atoms with Crippen molar-refractivity contribution in [2.24, 2.45) is 0 Å². The highest BCUT2D eigenvalue weighted by Gasteiger charge is 2.18. The van der Waals surface area contributed by atoms with E-state index in [0.29, 0.717) is 6.61 Å². The van der Waals surface area contributed by atoms with Gasteiger partial charge in [0.2, 0.25) is 0 Å². The van der Waals surface area contributed by atoms with Crippen LogP contribution in [0.2, 0.25) is 0 Å². The number of nitrogens with zero attached hydrogens (tertiary/aromatic N) is 2. The molecule has 0 atom stereocenters. The van der Waals surface area contributed by atoms with Gasteiger partial charge in [-0.05, 0) is 56.9 Å². The normalized spacial score (nSPS) is 13.8. The van der Waals surface area contributed by atoms with Crippen LogP contribution in [0.5, 0.6) is 11.5 Å². The Morgan fingerprint density at radius 3 is 2.31 bits per heavy atom. The molecule has 0 radical (unpaired) electrons. The van der Waals surface area contributed by atoms with Gasteiger partial charge in [-0.25, -0.2) is 0 Å². The number of hydrogen-bond donors (Lipinski definition) is 0. The number of rotatable bonds is 9. The van der Waals surface area contributed by atoms with Gasteiger partial charge >= 0.3 is 0 Å². The van der Waals surface area contributed by atoms with Crippen molar-refractivity contribution in [2.45, 2.75) is 60.2 Å². The number of hydrogen-bond acceptors (Lipinski definition) is 5. The van der Waals surface area contributed by atoms with E-state index < -0.39 is 0 Å². The average molecular weight is 475 g/mol. The number of aromatic nitrogens is 1. The van der Waals surface area contributed by atoms with Gasteiger partial charge in [-0.1, -0.05) is 38.1 Å². The standard InChI is InChI=1S/C30H38N2O3/c1-6-23-10-8-11-24(7-2)30(23)28-19-29(35-21(3)4)27(22(5)31-28)20-34-26-13-9-12-25(18-26)32-14-16-33-17-15-32/h8-13,18-19,21H,6-7,14-17,20H2,1-5H3. The van der Waals surface area contributed by atoms with E-state index in [-0.39, 0.29) is 6.10 Å². The first-order valence-electron chi connectivity index (χ1n) is 12.8. The lowest BCUT2D eigenvalue weighted by molar-refractivity contribution is 0.122. The summed E-state index contributed by atoms with van der Waals surface area (Å²) in [6.07, 6.45) is 1.99. The molecule has 1 aromatic heterocycles. The third-order valence-corrected chi connectivity index (χ3v) is 6.48. The van der Waals surface area contributed by atoms with Crippen LogP contribution in [-0.4, -0.2) is 37.4 Å². The quantitative estimate of drug-likeness (QED) is 0.360. The third kappa shape index (κ3) is 5.96. The molecule has 4 rings (SSSR count). The SMILES string of the molecule is CCc1cccc(CC)c1-c1cc(OC(C)C)c(COc2cccc(N3CCOCC3)c2)c(C)n1. The molecule has 186 valence electrons. The molecule has 1 fully saturated rings. The molecule has 0 saturated carbocycles. The fourth-order valence-corrected chi connectivity index (χ4v) is 4.65. The molecule has 1 saturated heterocycles. The van der Waals surface area contributed by atoms with Crippen LogP contribution in [0.1, 0.15) is 50.1 Å². The third-order valence-electron chi connectivity index (χ3n) is 6.48. The van der Waals surface area contributed by atoms with Crippen LogP contribution >= 0.6 is 0 Å². The van der Waals surface area contributed by atoms with E-state index in [4.69, 9.17) is 19.2 Å². The first-order valence-corrected chi connectivity index (χ1v) is 12.8. The Labute approximate surface area is 210 Å². The zero-order chi connectivity index (χ0) is 24.8. The Kier molecular flexibility index (Phi) is 8.29. The molecule has 2 aromatic carbocycles. The van der Waals surface area contributed by atoms with Crippen LogP contribution in [0.3, 0.4) is 0 Å².